The molecule has 0 fully saturated rings. The van der Waals surface area contributed by atoms with Crippen molar-refractivity contribution >= 4 is 35.7 Å². The summed E-state index contributed by atoms with van der Waals surface area (Å²) in [6, 6.07) is 10.3. The summed E-state index contributed by atoms with van der Waals surface area (Å²) in [7, 11) is 0. The molecule has 2 aromatic rings. The maximum absolute atomic E-state index is 12.5. The van der Waals surface area contributed by atoms with Crippen LogP contribution in [0, 0.1) is 0 Å². The average molecular weight is 486 g/mol. The van der Waals surface area contributed by atoms with Gasteiger partial charge in [0.2, 0.25) is 0 Å². The van der Waals surface area contributed by atoms with Gasteiger partial charge in [0.25, 0.3) is 11.8 Å². The molecule has 0 bridgehead atoms. The third-order valence-corrected chi connectivity index (χ3v) is 4.59. The largest absolute Gasteiger partial charge is 0.481 e. The van der Waals surface area contributed by atoms with Crippen molar-refractivity contribution in [2.45, 2.75) is 31.5 Å². The van der Waals surface area contributed by atoms with E-state index in [9.17, 15) is 33.9 Å². The summed E-state index contributed by atoms with van der Waals surface area (Å²) in [5.41, 5.74) is 0.385. The highest BCUT2D eigenvalue weighted by Crippen LogP contribution is 2.09. The predicted octanol–water partition coefficient (Wildman–Crippen LogP) is 0.661. The third-order valence-electron chi connectivity index (χ3n) is 4.59. The molecule has 0 spiro atoms. The summed E-state index contributed by atoms with van der Waals surface area (Å²) >= 11 is 0. The number of aliphatic carboxylic acids is 3. The monoisotopic (exact) mass is 486 g/mol. The van der Waals surface area contributed by atoms with Gasteiger partial charge in [0, 0.05) is 11.1 Å². The number of benzene rings is 2. The number of amides is 2. The Bertz CT molecular complexity index is 1120. The normalized spacial score (nSPS) is 12.0. The Morgan fingerprint density at radius 1 is 0.714 bits per heavy atom. The van der Waals surface area contributed by atoms with Gasteiger partial charge in [-0.3, -0.25) is 19.2 Å². The number of rotatable bonds is 12. The van der Waals surface area contributed by atoms with Crippen molar-refractivity contribution in [1.82, 2.24) is 10.6 Å². The second kappa shape index (κ2) is 12.5. The zero-order valence-electron chi connectivity index (χ0n) is 18.2. The van der Waals surface area contributed by atoms with Crippen LogP contribution in [0.3, 0.4) is 0 Å². The fourth-order valence-electron chi connectivity index (χ4n) is 2.82. The molecule has 0 saturated carbocycles. The molecule has 0 aliphatic heterocycles. The van der Waals surface area contributed by atoms with Gasteiger partial charge in [-0.05, 0) is 23.8 Å². The molecule has 2 amide bonds. The number of hydrogen-bond donors (Lipinski definition) is 5. The molecule has 0 radical (unpaired) electrons. The van der Waals surface area contributed by atoms with E-state index in [-0.39, 0.29) is 17.7 Å². The second-order valence-corrected chi connectivity index (χ2v) is 7.26. The molecule has 0 aliphatic rings. The molecular formula is C23H22N2O10. The lowest BCUT2D eigenvalue weighted by atomic mass is 10.1. The van der Waals surface area contributed by atoms with E-state index in [1.54, 1.807) is 30.3 Å². The lowest BCUT2D eigenvalue weighted by molar-refractivity contribution is -0.150. The van der Waals surface area contributed by atoms with E-state index in [2.05, 4.69) is 5.32 Å². The molecule has 0 saturated heterocycles. The van der Waals surface area contributed by atoms with Crippen molar-refractivity contribution in [1.29, 1.82) is 0 Å². The first kappa shape index (κ1) is 26.5. The van der Waals surface area contributed by atoms with Crippen molar-refractivity contribution in [3.63, 3.8) is 0 Å². The van der Waals surface area contributed by atoms with Crippen molar-refractivity contribution in [3.05, 3.63) is 71.3 Å². The number of carboxylic acid groups (broad SMARTS) is 3. The van der Waals surface area contributed by atoms with Crippen molar-refractivity contribution in [3.8, 4) is 0 Å². The molecule has 5 N–H and O–H groups in total. The van der Waals surface area contributed by atoms with Crippen molar-refractivity contribution in [2.24, 2.45) is 0 Å². The Hall–Kier alpha value is -4.74. The van der Waals surface area contributed by atoms with Crippen molar-refractivity contribution in [2.75, 3.05) is 0 Å². The molecule has 35 heavy (non-hydrogen) atoms. The van der Waals surface area contributed by atoms with E-state index >= 15 is 0 Å². The van der Waals surface area contributed by atoms with Crippen LogP contribution in [0.25, 0.3) is 0 Å². The number of nitrogens with one attached hydrogen (secondary N) is 2. The summed E-state index contributed by atoms with van der Waals surface area (Å²) in [5.74, 6) is -7.20. The zero-order valence-corrected chi connectivity index (χ0v) is 18.2. The second-order valence-electron chi connectivity index (χ2n) is 7.26. The molecule has 2 unspecified atom stereocenters. The summed E-state index contributed by atoms with van der Waals surface area (Å²) in [5, 5.41) is 31.4. The van der Waals surface area contributed by atoms with Crippen LogP contribution in [0.15, 0.2) is 54.6 Å². The fraction of sp³-hybridized carbons (Fsp3) is 0.217. The third kappa shape index (κ3) is 8.61. The number of hydrogen-bond acceptors (Lipinski definition) is 7. The van der Waals surface area contributed by atoms with Gasteiger partial charge < -0.3 is 30.7 Å². The molecule has 12 heteroatoms. The van der Waals surface area contributed by atoms with E-state index in [0.29, 0.717) is 5.56 Å². The number of carbonyl (C=O) groups is 6. The minimum atomic E-state index is -1.70. The predicted molar refractivity (Wildman–Crippen MR) is 117 cm³/mol. The minimum absolute atomic E-state index is 0.0731. The van der Waals surface area contributed by atoms with Crippen molar-refractivity contribution < 1.29 is 48.8 Å². The summed E-state index contributed by atoms with van der Waals surface area (Å²) < 4.78 is 5.03. The highest BCUT2D eigenvalue weighted by molar-refractivity contribution is 6.02. The first-order valence-corrected chi connectivity index (χ1v) is 10.2. The Balaban J connectivity index is 2.03. The van der Waals surface area contributed by atoms with Crippen LogP contribution in [-0.2, 0) is 30.5 Å². The lowest BCUT2D eigenvalue weighted by Gasteiger charge is -2.15. The molecule has 184 valence electrons. The Morgan fingerprint density at radius 2 is 1.23 bits per heavy atom. The van der Waals surface area contributed by atoms with Crippen LogP contribution in [0.2, 0.25) is 0 Å². The molecular weight excluding hydrogens is 464 g/mol. The number of esters is 1. The van der Waals surface area contributed by atoms with Crippen LogP contribution in [-0.4, -0.2) is 63.1 Å². The molecule has 2 aromatic carbocycles. The Kier molecular flexibility index (Phi) is 9.46. The van der Waals surface area contributed by atoms with Gasteiger partial charge in [0.15, 0.2) is 0 Å². The zero-order chi connectivity index (χ0) is 26.0. The van der Waals surface area contributed by atoms with Crippen LogP contribution < -0.4 is 10.6 Å². The Morgan fingerprint density at radius 3 is 1.71 bits per heavy atom. The average Bonchev–Trinajstić information content (AvgIpc) is 2.82. The molecule has 0 aromatic heterocycles. The molecule has 2 rings (SSSR count). The van der Waals surface area contributed by atoms with E-state index in [4.69, 9.17) is 14.9 Å². The van der Waals surface area contributed by atoms with E-state index < -0.39 is 60.6 Å². The molecule has 0 heterocycles. The number of carbonyl (C=O) groups excluding carboxylic acids is 3. The fourth-order valence-corrected chi connectivity index (χ4v) is 2.82. The topological polar surface area (TPSA) is 196 Å². The van der Waals surface area contributed by atoms with Gasteiger partial charge in [-0.15, -0.1) is 0 Å². The van der Waals surface area contributed by atoms with Gasteiger partial charge >= 0.3 is 23.9 Å². The lowest BCUT2D eigenvalue weighted by Crippen LogP contribution is -2.43. The number of ether oxygens (including phenoxy) is 1. The molecule has 2 atom stereocenters. The first-order valence-electron chi connectivity index (χ1n) is 10.2. The van der Waals surface area contributed by atoms with Gasteiger partial charge in [0.05, 0.1) is 12.8 Å². The van der Waals surface area contributed by atoms with Crippen LogP contribution in [0.1, 0.15) is 39.1 Å². The SMILES string of the molecule is O=C(O)CC(NC(=O)c1cccc(C(=O)NC(CC(=O)OCc2ccccc2)C(=O)O)c1)C(=O)O. The molecule has 0 aliphatic carbocycles. The maximum Gasteiger partial charge on any atom is 0.326 e. The van der Waals surface area contributed by atoms with Gasteiger partial charge in [0.1, 0.15) is 18.7 Å². The highest BCUT2D eigenvalue weighted by atomic mass is 16.5. The van der Waals surface area contributed by atoms with E-state index in [1.165, 1.54) is 18.2 Å². The first-order chi connectivity index (χ1) is 16.6. The molecule has 12 nitrogen and oxygen atoms in total. The summed E-state index contributed by atoms with van der Waals surface area (Å²) in [6.07, 6.45) is -1.51. The summed E-state index contributed by atoms with van der Waals surface area (Å²) in [4.78, 5) is 70.4. The van der Waals surface area contributed by atoms with Crippen LogP contribution >= 0.6 is 0 Å². The minimum Gasteiger partial charge on any atom is -0.481 e. The smallest absolute Gasteiger partial charge is 0.326 e. The maximum atomic E-state index is 12.5. The van der Waals surface area contributed by atoms with Crippen LogP contribution in [0.4, 0.5) is 0 Å². The number of carboxylic acids is 3. The summed E-state index contributed by atoms with van der Waals surface area (Å²) in [6.45, 7) is -0.0731. The standard InChI is InChI=1S/C23H22N2O10/c26-18(27)10-16(22(31)32)24-20(29)14-7-4-8-15(9-14)21(30)25-17(23(33)34)11-19(28)35-12-13-5-2-1-3-6-13/h1-9,16-17H,10-12H2,(H,24,29)(H,25,30)(H,26,27)(H,31,32)(H,33,34). The quantitative estimate of drug-likeness (QED) is 0.266. The highest BCUT2D eigenvalue weighted by Gasteiger charge is 2.26. The van der Waals surface area contributed by atoms with Crippen LogP contribution in [0.5, 0.6) is 0 Å². The van der Waals surface area contributed by atoms with E-state index in [1.807, 2.05) is 5.32 Å². The van der Waals surface area contributed by atoms with Gasteiger partial charge in [-0.25, -0.2) is 9.59 Å². The van der Waals surface area contributed by atoms with Gasteiger partial charge in [-0.2, -0.15) is 0 Å². The van der Waals surface area contributed by atoms with Gasteiger partial charge in [-0.1, -0.05) is 36.4 Å². The Labute approximate surface area is 198 Å². The van der Waals surface area contributed by atoms with E-state index in [0.717, 1.165) is 6.07 Å².